The number of alkyl halides is 3. The van der Waals surface area contributed by atoms with Crippen molar-refractivity contribution in [1.29, 1.82) is 0 Å². The fraction of sp³-hybridized carbons (Fsp3) is 0.700. The van der Waals surface area contributed by atoms with Gasteiger partial charge in [0, 0.05) is 17.1 Å². The number of thiazole rings is 1. The lowest BCUT2D eigenvalue weighted by Gasteiger charge is -2.07. The Morgan fingerprint density at radius 1 is 1.44 bits per heavy atom. The molecule has 1 unspecified atom stereocenters. The van der Waals surface area contributed by atoms with Crippen molar-refractivity contribution in [3.8, 4) is 0 Å². The molecule has 0 aliphatic carbocycles. The van der Waals surface area contributed by atoms with E-state index in [1.807, 2.05) is 0 Å². The van der Waals surface area contributed by atoms with Gasteiger partial charge in [-0.25, -0.2) is 4.98 Å². The molecule has 2 N–H and O–H groups in total. The van der Waals surface area contributed by atoms with Gasteiger partial charge in [0.25, 0.3) is 0 Å². The molecule has 1 rings (SSSR count). The summed E-state index contributed by atoms with van der Waals surface area (Å²) in [6.07, 6.45) is 0.669. The van der Waals surface area contributed by atoms with Crippen molar-refractivity contribution in [2.24, 2.45) is 5.73 Å². The lowest BCUT2D eigenvalue weighted by atomic mass is 10.1. The Morgan fingerprint density at radius 3 is 2.62 bits per heavy atom. The third-order valence-electron chi connectivity index (χ3n) is 2.25. The highest BCUT2D eigenvalue weighted by molar-refractivity contribution is 7.11. The number of halogens is 3. The van der Waals surface area contributed by atoms with Crippen LogP contribution in [0.15, 0.2) is 6.20 Å². The Labute approximate surface area is 96.7 Å². The van der Waals surface area contributed by atoms with Gasteiger partial charge in [-0.3, -0.25) is 0 Å². The molecule has 0 aliphatic heterocycles. The Morgan fingerprint density at radius 2 is 2.12 bits per heavy atom. The van der Waals surface area contributed by atoms with Gasteiger partial charge < -0.3 is 5.73 Å². The number of nitrogens with two attached hydrogens (primary N) is 1. The van der Waals surface area contributed by atoms with Crippen molar-refractivity contribution in [3.05, 3.63) is 16.1 Å². The monoisotopic (exact) mass is 252 g/mol. The van der Waals surface area contributed by atoms with Crippen LogP contribution in [-0.2, 0) is 6.18 Å². The topological polar surface area (TPSA) is 38.9 Å². The summed E-state index contributed by atoms with van der Waals surface area (Å²) in [5, 5.41) is -0.812. The lowest BCUT2D eigenvalue weighted by molar-refractivity contribution is -0.137. The van der Waals surface area contributed by atoms with Gasteiger partial charge in [0.1, 0.15) is 0 Å². The molecule has 0 bridgehead atoms. The van der Waals surface area contributed by atoms with Crippen LogP contribution < -0.4 is 5.73 Å². The van der Waals surface area contributed by atoms with Gasteiger partial charge in [0.2, 0.25) is 0 Å². The molecule has 2 nitrogen and oxygen atoms in total. The molecule has 0 saturated carbocycles. The Bertz CT molecular complexity index is 322. The SMILES string of the molecule is CCCCCC(N)c1cnc(C(F)(F)F)s1. The van der Waals surface area contributed by atoms with E-state index in [1.54, 1.807) is 0 Å². The van der Waals surface area contributed by atoms with Crippen molar-refractivity contribution in [3.63, 3.8) is 0 Å². The molecule has 0 fully saturated rings. The van der Waals surface area contributed by atoms with E-state index in [-0.39, 0.29) is 6.04 Å². The van der Waals surface area contributed by atoms with E-state index < -0.39 is 11.2 Å². The Hall–Kier alpha value is -0.620. The van der Waals surface area contributed by atoms with Gasteiger partial charge >= 0.3 is 6.18 Å². The van der Waals surface area contributed by atoms with E-state index >= 15 is 0 Å². The van der Waals surface area contributed by atoms with Crippen LogP contribution in [0.2, 0.25) is 0 Å². The van der Waals surface area contributed by atoms with Crippen LogP contribution in [0.4, 0.5) is 13.2 Å². The van der Waals surface area contributed by atoms with E-state index in [9.17, 15) is 13.2 Å². The molecule has 6 heteroatoms. The summed E-state index contributed by atoms with van der Waals surface area (Å²) in [5.41, 5.74) is 5.80. The summed E-state index contributed by atoms with van der Waals surface area (Å²) in [7, 11) is 0. The first-order valence-electron chi connectivity index (χ1n) is 5.23. The Balaban J connectivity index is 2.56. The molecule has 0 radical (unpaired) electrons. The minimum absolute atomic E-state index is 0.319. The normalized spacial score (nSPS) is 14.1. The van der Waals surface area contributed by atoms with Gasteiger partial charge in [-0.15, -0.1) is 11.3 Å². The van der Waals surface area contributed by atoms with Crippen LogP contribution in [0, 0.1) is 0 Å². The number of hydrogen-bond donors (Lipinski definition) is 1. The minimum Gasteiger partial charge on any atom is -0.323 e. The average molecular weight is 252 g/mol. The molecule has 0 aliphatic rings. The van der Waals surface area contributed by atoms with Crippen LogP contribution in [0.5, 0.6) is 0 Å². The van der Waals surface area contributed by atoms with Crippen LogP contribution in [0.1, 0.15) is 48.5 Å². The van der Waals surface area contributed by atoms with Gasteiger partial charge in [-0.2, -0.15) is 13.2 Å². The fourth-order valence-corrected chi connectivity index (χ4v) is 2.16. The first kappa shape index (κ1) is 13.4. The zero-order valence-corrected chi connectivity index (χ0v) is 9.87. The second-order valence-electron chi connectivity index (χ2n) is 3.67. The van der Waals surface area contributed by atoms with E-state index in [0.29, 0.717) is 22.6 Å². The minimum atomic E-state index is -4.36. The van der Waals surface area contributed by atoms with Crippen LogP contribution in [0.25, 0.3) is 0 Å². The van der Waals surface area contributed by atoms with Crippen molar-refractivity contribution in [1.82, 2.24) is 4.98 Å². The van der Waals surface area contributed by atoms with Crippen molar-refractivity contribution < 1.29 is 13.2 Å². The fourth-order valence-electron chi connectivity index (χ4n) is 1.35. The summed E-state index contributed by atoms with van der Waals surface area (Å²) >= 11 is 0.645. The quantitative estimate of drug-likeness (QED) is 0.811. The van der Waals surface area contributed by atoms with E-state index in [2.05, 4.69) is 11.9 Å². The summed E-state index contributed by atoms with van der Waals surface area (Å²) in [4.78, 5) is 3.87. The molecule has 0 spiro atoms. The van der Waals surface area contributed by atoms with Crippen LogP contribution in [0.3, 0.4) is 0 Å². The zero-order chi connectivity index (χ0) is 12.2. The second kappa shape index (κ2) is 5.63. The average Bonchev–Trinajstić information content (AvgIpc) is 2.66. The molecule has 92 valence electrons. The lowest BCUT2D eigenvalue weighted by Crippen LogP contribution is -2.08. The third-order valence-corrected chi connectivity index (χ3v) is 3.42. The van der Waals surface area contributed by atoms with Gasteiger partial charge in [0.05, 0.1) is 0 Å². The molecule has 0 saturated heterocycles. The number of hydrogen-bond acceptors (Lipinski definition) is 3. The van der Waals surface area contributed by atoms with Crippen molar-refractivity contribution in [2.75, 3.05) is 0 Å². The van der Waals surface area contributed by atoms with Crippen molar-refractivity contribution in [2.45, 2.75) is 44.8 Å². The number of nitrogens with zero attached hydrogens (tertiary/aromatic N) is 1. The highest BCUT2D eigenvalue weighted by Gasteiger charge is 2.34. The summed E-state index contributed by atoms with van der Waals surface area (Å²) < 4.78 is 36.8. The first-order chi connectivity index (χ1) is 7.45. The standard InChI is InChI=1S/C10H15F3N2S/c1-2-3-4-5-7(14)8-6-15-9(16-8)10(11,12)13/h6-7H,2-5,14H2,1H3. The maximum Gasteiger partial charge on any atom is 0.443 e. The highest BCUT2D eigenvalue weighted by Crippen LogP contribution is 2.34. The highest BCUT2D eigenvalue weighted by atomic mass is 32.1. The molecular formula is C10H15F3N2S. The van der Waals surface area contributed by atoms with Gasteiger partial charge in [-0.1, -0.05) is 26.2 Å². The number of rotatable bonds is 5. The van der Waals surface area contributed by atoms with Crippen molar-refractivity contribution >= 4 is 11.3 Å². The van der Waals surface area contributed by atoms with E-state index in [1.165, 1.54) is 6.20 Å². The molecular weight excluding hydrogens is 237 g/mol. The van der Waals surface area contributed by atoms with Gasteiger partial charge in [0.15, 0.2) is 5.01 Å². The summed E-state index contributed by atoms with van der Waals surface area (Å²) in [5.74, 6) is 0. The summed E-state index contributed by atoms with van der Waals surface area (Å²) in [6, 6.07) is -0.319. The van der Waals surface area contributed by atoms with Crippen LogP contribution >= 0.6 is 11.3 Å². The smallest absolute Gasteiger partial charge is 0.323 e. The summed E-state index contributed by atoms with van der Waals surface area (Å²) in [6.45, 7) is 2.07. The van der Waals surface area contributed by atoms with E-state index in [0.717, 1.165) is 19.3 Å². The third kappa shape index (κ3) is 3.75. The molecule has 0 amide bonds. The number of unbranched alkanes of at least 4 members (excludes halogenated alkanes) is 2. The van der Waals surface area contributed by atoms with Gasteiger partial charge in [-0.05, 0) is 6.42 Å². The first-order valence-corrected chi connectivity index (χ1v) is 6.05. The molecule has 1 heterocycles. The molecule has 16 heavy (non-hydrogen) atoms. The van der Waals surface area contributed by atoms with E-state index in [4.69, 9.17) is 5.73 Å². The predicted molar refractivity (Wildman–Crippen MR) is 58.2 cm³/mol. The van der Waals surface area contributed by atoms with Crippen LogP contribution in [-0.4, -0.2) is 4.98 Å². The zero-order valence-electron chi connectivity index (χ0n) is 9.05. The molecule has 1 aromatic rings. The maximum atomic E-state index is 12.3. The maximum absolute atomic E-state index is 12.3. The number of aromatic nitrogens is 1. The Kier molecular flexibility index (Phi) is 4.73. The largest absolute Gasteiger partial charge is 0.443 e. The molecule has 0 aromatic carbocycles. The second-order valence-corrected chi connectivity index (χ2v) is 4.73. The molecule has 1 aromatic heterocycles. The molecule has 1 atom stereocenters. The predicted octanol–water partition coefficient (Wildman–Crippen LogP) is 3.74.